The predicted octanol–water partition coefficient (Wildman–Crippen LogP) is 1.34. The molecule has 2 N–H and O–H groups in total. The van der Waals surface area contributed by atoms with Crippen molar-refractivity contribution in [1.29, 1.82) is 0 Å². The van der Waals surface area contributed by atoms with Crippen molar-refractivity contribution in [2.75, 3.05) is 11.9 Å². The van der Waals surface area contributed by atoms with Crippen molar-refractivity contribution in [2.45, 2.75) is 0 Å². The quantitative estimate of drug-likeness (QED) is 0.739. The van der Waals surface area contributed by atoms with Crippen molar-refractivity contribution in [3.05, 3.63) is 24.6 Å². The third-order valence-corrected chi connectivity index (χ3v) is 2.03. The molecule has 0 aliphatic rings. The first-order valence-electron chi connectivity index (χ1n) is 4.05. The van der Waals surface area contributed by atoms with Gasteiger partial charge in [-0.2, -0.15) is 0 Å². The molecule has 1 aromatic heterocycles. The van der Waals surface area contributed by atoms with Gasteiger partial charge in [-0.25, -0.2) is 9.78 Å². The Labute approximate surface area is 80.1 Å². The summed E-state index contributed by atoms with van der Waals surface area (Å²) in [5.41, 5.74) is 7.20. The first-order valence-corrected chi connectivity index (χ1v) is 4.05. The molecule has 5 heteroatoms. The predicted molar refractivity (Wildman–Crippen MR) is 52.0 cm³/mol. The summed E-state index contributed by atoms with van der Waals surface area (Å²) in [6, 6.07) is 4.74. The maximum Gasteiger partial charge on any atom is 0.318 e. The first kappa shape index (κ1) is 8.55. The van der Waals surface area contributed by atoms with Gasteiger partial charge in [-0.05, 0) is 12.1 Å². The van der Waals surface area contributed by atoms with Crippen molar-refractivity contribution >= 4 is 22.8 Å². The number of aromatic nitrogens is 1. The number of hydrogen-bond acceptors (Lipinski definition) is 3. The molecule has 2 amide bonds. The smallest absolute Gasteiger partial charge is 0.318 e. The molecule has 0 atom stereocenters. The van der Waals surface area contributed by atoms with Crippen molar-refractivity contribution < 1.29 is 9.21 Å². The van der Waals surface area contributed by atoms with Gasteiger partial charge in [0, 0.05) is 18.8 Å². The van der Waals surface area contributed by atoms with E-state index in [1.165, 1.54) is 11.3 Å². The molecular weight excluding hydrogens is 182 g/mol. The van der Waals surface area contributed by atoms with Gasteiger partial charge in [0.1, 0.15) is 5.52 Å². The summed E-state index contributed by atoms with van der Waals surface area (Å²) in [5.74, 6) is 0. The fraction of sp³-hybridized carbons (Fsp3) is 0.111. The molecule has 0 aliphatic heterocycles. The van der Waals surface area contributed by atoms with Crippen LogP contribution in [0.1, 0.15) is 0 Å². The topological polar surface area (TPSA) is 72.4 Å². The summed E-state index contributed by atoms with van der Waals surface area (Å²) >= 11 is 0. The zero-order valence-electron chi connectivity index (χ0n) is 7.60. The standard InChI is InChI=1S/C9H9N3O2/c1-12(9(10)13)6-2-3-7-8(4-6)14-5-11-7/h2-5H,1H3,(H2,10,13). The number of carbonyl (C=O) groups excluding carboxylic acids is 1. The molecule has 0 fully saturated rings. The van der Waals surface area contributed by atoms with Gasteiger partial charge in [-0.3, -0.25) is 4.90 Å². The Morgan fingerprint density at radius 1 is 1.57 bits per heavy atom. The fourth-order valence-electron chi connectivity index (χ4n) is 1.18. The maximum absolute atomic E-state index is 10.9. The second-order valence-corrected chi connectivity index (χ2v) is 2.90. The highest BCUT2D eigenvalue weighted by atomic mass is 16.3. The van der Waals surface area contributed by atoms with Crippen LogP contribution < -0.4 is 10.6 Å². The van der Waals surface area contributed by atoms with Crippen LogP contribution in [0.2, 0.25) is 0 Å². The van der Waals surface area contributed by atoms with Gasteiger partial charge in [0.25, 0.3) is 0 Å². The third kappa shape index (κ3) is 1.28. The number of benzene rings is 1. The fourth-order valence-corrected chi connectivity index (χ4v) is 1.18. The Hall–Kier alpha value is -2.04. The van der Waals surface area contributed by atoms with E-state index in [-0.39, 0.29) is 0 Å². The highest BCUT2D eigenvalue weighted by molar-refractivity contribution is 5.92. The summed E-state index contributed by atoms with van der Waals surface area (Å²) in [5, 5.41) is 0. The van der Waals surface area contributed by atoms with Gasteiger partial charge in [-0.15, -0.1) is 0 Å². The van der Waals surface area contributed by atoms with Crippen LogP contribution >= 0.6 is 0 Å². The molecule has 1 aromatic carbocycles. The lowest BCUT2D eigenvalue weighted by Gasteiger charge is -2.13. The van der Waals surface area contributed by atoms with E-state index < -0.39 is 6.03 Å². The number of nitrogens with zero attached hydrogens (tertiary/aromatic N) is 2. The number of amides is 2. The molecule has 0 radical (unpaired) electrons. The number of fused-ring (bicyclic) bond motifs is 1. The van der Waals surface area contributed by atoms with Crippen LogP contribution in [-0.4, -0.2) is 18.1 Å². The van der Waals surface area contributed by atoms with Gasteiger partial charge in [-0.1, -0.05) is 0 Å². The molecule has 2 rings (SSSR count). The van der Waals surface area contributed by atoms with Crippen LogP contribution in [-0.2, 0) is 0 Å². The highest BCUT2D eigenvalue weighted by Crippen LogP contribution is 2.20. The van der Waals surface area contributed by atoms with Crippen molar-refractivity contribution in [3.63, 3.8) is 0 Å². The maximum atomic E-state index is 10.9. The summed E-state index contributed by atoms with van der Waals surface area (Å²) in [7, 11) is 1.60. The normalized spacial score (nSPS) is 10.4. The van der Waals surface area contributed by atoms with Gasteiger partial charge < -0.3 is 10.2 Å². The molecule has 0 aliphatic carbocycles. The molecule has 0 unspecified atom stereocenters. The number of anilines is 1. The molecule has 0 saturated heterocycles. The first-order chi connectivity index (χ1) is 6.68. The zero-order chi connectivity index (χ0) is 10.1. The number of carbonyl (C=O) groups is 1. The third-order valence-electron chi connectivity index (χ3n) is 2.03. The number of oxazole rings is 1. The Morgan fingerprint density at radius 3 is 3.07 bits per heavy atom. The summed E-state index contributed by atoms with van der Waals surface area (Å²) in [6.45, 7) is 0. The van der Waals surface area contributed by atoms with E-state index in [9.17, 15) is 4.79 Å². The van der Waals surface area contributed by atoms with Crippen molar-refractivity contribution in [1.82, 2.24) is 4.98 Å². The summed E-state index contributed by atoms with van der Waals surface area (Å²) in [6.07, 6.45) is 1.36. The van der Waals surface area contributed by atoms with E-state index in [1.807, 2.05) is 0 Å². The number of urea groups is 1. The molecule has 14 heavy (non-hydrogen) atoms. The van der Waals surface area contributed by atoms with Crippen LogP contribution in [0.3, 0.4) is 0 Å². The lowest BCUT2D eigenvalue weighted by Crippen LogP contribution is -2.31. The summed E-state index contributed by atoms with van der Waals surface area (Å²) in [4.78, 5) is 16.2. The monoisotopic (exact) mass is 191 g/mol. The van der Waals surface area contributed by atoms with Gasteiger partial charge in [0.2, 0.25) is 0 Å². The molecule has 0 spiro atoms. The van der Waals surface area contributed by atoms with E-state index in [0.717, 1.165) is 5.52 Å². The van der Waals surface area contributed by atoms with Crippen molar-refractivity contribution in [3.8, 4) is 0 Å². The number of nitrogens with two attached hydrogens (primary N) is 1. The van der Waals surface area contributed by atoms with Crippen LogP contribution in [0.4, 0.5) is 10.5 Å². The number of rotatable bonds is 1. The van der Waals surface area contributed by atoms with Crippen LogP contribution in [0.25, 0.3) is 11.1 Å². The molecule has 5 nitrogen and oxygen atoms in total. The SMILES string of the molecule is CN(C(N)=O)c1ccc2ncoc2c1. The Balaban J connectivity index is 2.48. The van der Waals surface area contributed by atoms with E-state index in [1.54, 1.807) is 25.2 Å². The largest absolute Gasteiger partial charge is 0.443 e. The molecule has 2 aromatic rings. The Kier molecular flexibility index (Phi) is 1.85. The van der Waals surface area contributed by atoms with E-state index in [0.29, 0.717) is 11.3 Å². The molecule has 72 valence electrons. The molecular formula is C9H9N3O2. The zero-order valence-corrected chi connectivity index (χ0v) is 7.60. The van der Waals surface area contributed by atoms with E-state index >= 15 is 0 Å². The lowest BCUT2D eigenvalue weighted by atomic mass is 10.3. The average molecular weight is 191 g/mol. The second kappa shape index (κ2) is 3.02. The van der Waals surface area contributed by atoms with E-state index in [2.05, 4.69) is 4.98 Å². The summed E-state index contributed by atoms with van der Waals surface area (Å²) < 4.78 is 5.10. The highest BCUT2D eigenvalue weighted by Gasteiger charge is 2.07. The van der Waals surface area contributed by atoms with Crippen molar-refractivity contribution in [2.24, 2.45) is 5.73 Å². The number of primary amides is 1. The Morgan fingerprint density at radius 2 is 2.36 bits per heavy atom. The number of hydrogen-bond donors (Lipinski definition) is 1. The van der Waals surface area contributed by atoms with Gasteiger partial charge >= 0.3 is 6.03 Å². The van der Waals surface area contributed by atoms with Crippen LogP contribution in [0.5, 0.6) is 0 Å². The molecule has 1 heterocycles. The Bertz CT molecular complexity index is 478. The second-order valence-electron chi connectivity index (χ2n) is 2.90. The average Bonchev–Trinajstić information content (AvgIpc) is 2.62. The van der Waals surface area contributed by atoms with Gasteiger partial charge in [0.15, 0.2) is 12.0 Å². The van der Waals surface area contributed by atoms with Gasteiger partial charge in [0.05, 0.1) is 0 Å². The molecule has 0 bridgehead atoms. The minimum Gasteiger partial charge on any atom is -0.443 e. The van der Waals surface area contributed by atoms with E-state index in [4.69, 9.17) is 10.2 Å². The minimum atomic E-state index is -0.510. The molecule has 0 saturated carbocycles. The lowest BCUT2D eigenvalue weighted by molar-refractivity contribution is 0.255. The van der Waals surface area contributed by atoms with Crippen LogP contribution in [0.15, 0.2) is 29.0 Å². The minimum absolute atomic E-state index is 0.510. The van der Waals surface area contributed by atoms with Crippen LogP contribution in [0, 0.1) is 0 Å².